The second-order valence-corrected chi connectivity index (χ2v) is 9.63. The molecule has 0 fully saturated rings. The van der Waals surface area contributed by atoms with Gasteiger partial charge in [0.25, 0.3) is 5.91 Å². The van der Waals surface area contributed by atoms with E-state index in [9.17, 15) is 4.79 Å². The van der Waals surface area contributed by atoms with Gasteiger partial charge in [-0.25, -0.2) is 4.68 Å². The first-order valence-corrected chi connectivity index (χ1v) is 10.0. The van der Waals surface area contributed by atoms with Crippen LogP contribution < -0.4 is 5.32 Å². The summed E-state index contributed by atoms with van der Waals surface area (Å²) in [5, 5.41) is 12.7. The van der Waals surface area contributed by atoms with E-state index in [1.54, 1.807) is 17.1 Å². The number of anilines is 1. The summed E-state index contributed by atoms with van der Waals surface area (Å²) in [6, 6.07) is 9.54. The average molecular weight is 414 g/mol. The fourth-order valence-corrected chi connectivity index (χ4v) is 3.10. The largest absolute Gasteiger partial charge is 0.307 e. The van der Waals surface area contributed by atoms with Crippen molar-refractivity contribution in [1.82, 2.24) is 19.6 Å². The molecule has 1 amide bonds. The molecule has 2 heterocycles. The SMILES string of the molecule is CC(C)(C)c1cc(NC(=O)c2cnn(Cc3ccccc3Cl)c2)n(C(C)(C)C)n1. The topological polar surface area (TPSA) is 64.7 Å². The van der Waals surface area contributed by atoms with Gasteiger partial charge in [-0.1, -0.05) is 50.6 Å². The van der Waals surface area contributed by atoms with Crippen LogP contribution in [0, 0.1) is 0 Å². The molecule has 7 heteroatoms. The second-order valence-electron chi connectivity index (χ2n) is 9.22. The number of benzene rings is 1. The Kier molecular flexibility index (Phi) is 5.59. The molecule has 0 aliphatic rings. The molecule has 0 spiro atoms. The van der Waals surface area contributed by atoms with Crippen LogP contribution in [0.25, 0.3) is 0 Å². The Morgan fingerprint density at radius 2 is 1.83 bits per heavy atom. The Hall–Kier alpha value is -2.60. The Bertz CT molecular complexity index is 1020. The molecule has 1 N–H and O–H groups in total. The molecule has 0 saturated carbocycles. The molecule has 6 nitrogen and oxygen atoms in total. The number of aromatic nitrogens is 4. The molecule has 154 valence electrons. The van der Waals surface area contributed by atoms with Gasteiger partial charge in [0.05, 0.1) is 29.5 Å². The summed E-state index contributed by atoms with van der Waals surface area (Å²) in [7, 11) is 0. The minimum absolute atomic E-state index is 0.115. The molecule has 2 aromatic heterocycles. The van der Waals surface area contributed by atoms with Crippen molar-refractivity contribution < 1.29 is 4.79 Å². The number of nitrogens with zero attached hydrogens (tertiary/aromatic N) is 4. The fourth-order valence-electron chi connectivity index (χ4n) is 2.90. The van der Waals surface area contributed by atoms with Gasteiger partial charge in [0.1, 0.15) is 5.82 Å². The van der Waals surface area contributed by atoms with Crippen molar-refractivity contribution >= 4 is 23.3 Å². The van der Waals surface area contributed by atoms with Gasteiger partial charge in [0.2, 0.25) is 0 Å². The molecular weight excluding hydrogens is 386 g/mol. The molecule has 3 aromatic rings. The van der Waals surface area contributed by atoms with Crippen molar-refractivity contribution in [3.63, 3.8) is 0 Å². The maximum Gasteiger partial charge on any atom is 0.259 e. The number of nitrogens with one attached hydrogen (secondary N) is 1. The number of hydrogen-bond acceptors (Lipinski definition) is 3. The first kappa shape index (κ1) is 21.1. The molecule has 0 saturated heterocycles. The lowest BCUT2D eigenvalue weighted by atomic mass is 9.92. The maximum atomic E-state index is 12.9. The van der Waals surface area contributed by atoms with E-state index >= 15 is 0 Å². The monoisotopic (exact) mass is 413 g/mol. The Labute approximate surface area is 176 Å². The molecule has 0 atom stereocenters. The lowest BCUT2D eigenvalue weighted by molar-refractivity contribution is 0.102. The summed E-state index contributed by atoms with van der Waals surface area (Å²) in [5.74, 6) is 0.451. The van der Waals surface area contributed by atoms with Crippen LogP contribution in [0.3, 0.4) is 0 Å². The molecule has 0 aliphatic heterocycles. The van der Waals surface area contributed by atoms with Gasteiger partial charge < -0.3 is 5.32 Å². The standard InChI is InChI=1S/C22H28ClN5O/c1-21(2,3)18-11-19(28(26-18)22(4,5)6)25-20(29)16-12-24-27(14-16)13-15-9-7-8-10-17(15)23/h7-12,14H,13H2,1-6H3,(H,25,29). The van der Waals surface area contributed by atoms with Gasteiger partial charge in [-0.2, -0.15) is 10.2 Å². The summed E-state index contributed by atoms with van der Waals surface area (Å²) in [4.78, 5) is 12.9. The highest BCUT2D eigenvalue weighted by Crippen LogP contribution is 2.28. The van der Waals surface area contributed by atoms with Crippen LogP contribution in [-0.4, -0.2) is 25.5 Å². The lowest BCUT2D eigenvalue weighted by Crippen LogP contribution is -2.27. The predicted octanol–water partition coefficient (Wildman–Crippen LogP) is 5.09. The molecule has 0 bridgehead atoms. The van der Waals surface area contributed by atoms with Crippen molar-refractivity contribution in [3.05, 3.63) is 64.6 Å². The molecule has 1 aromatic carbocycles. The van der Waals surface area contributed by atoms with Gasteiger partial charge in [0.15, 0.2) is 0 Å². The third-order valence-electron chi connectivity index (χ3n) is 4.54. The normalized spacial score (nSPS) is 12.2. The van der Waals surface area contributed by atoms with Crippen molar-refractivity contribution in [2.24, 2.45) is 0 Å². The number of carbonyl (C=O) groups is 1. The number of carbonyl (C=O) groups excluding carboxylic acids is 1. The van der Waals surface area contributed by atoms with E-state index < -0.39 is 0 Å². The van der Waals surface area contributed by atoms with E-state index in [1.807, 2.05) is 35.0 Å². The summed E-state index contributed by atoms with van der Waals surface area (Å²) in [6.45, 7) is 13.0. The first-order chi connectivity index (χ1) is 13.4. The zero-order valence-electron chi connectivity index (χ0n) is 17.8. The maximum absolute atomic E-state index is 12.9. The number of hydrogen-bond donors (Lipinski definition) is 1. The number of halogens is 1. The highest BCUT2D eigenvalue weighted by molar-refractivity contribution is 6.31. The molecule has 29 heavy (non-hydrogen) atoms. The summed E-state index contributed by atoms with van der Waals surface area (Å²) in [5.41, 5.74) is 1.98. The second kappa shape index (κ2) is 7.67. The summed E-state index contributed by atoms with van der Waals surface area (Å²) >= 11 is 6.22. The van der Waals surface area contributed by atoms with E-state index in [-0.39, 0.29) is 16.9 Å². The average Bonchev–Trinajstić information content (AvgIpc) is 3.23. The van der Waals surface area contributed by atoms with Gasteiger partial charge >= 0.3 is 0 Å². The van der Waals surface area contributed by atoms with Crippen LogP contribution in [-0.2, 0) is 17.5 Å². The van der Waals surface area contributed by atoms with Crippen molar-refractivity contribution in [1.29, 1.82) is 0 Å². The highest BCUT2D eigenvalue weighted by atomic mass is 35.5. The number of rotatable bonds is 4. The van der Waals surface area contributed by atoms with Gasteiger partial charge in [-0.05, 0) is 32.4 Å². The Morgan fingerprint density at radius 3 is 2.45 bits per heavy atom. The number of amides is 1. The molecule has 0 unspecified atom stereocenters. The minimum Gasteiger partial charge on any atom is -0.307 e. The van der Waals surface area contributed by atoms with Gasteiger partial charge in [-0.15, -0.1) is 0 Å². The molecule has 0 radical (unpaired) electrons. The van der Waals surface area contributed by atoms with Crippen LogP contribution in [0.4, 0.5) is 5.82 Å². The fraction of sp³-hybridized carbons (Fsp3) is 0.409. The molecule has 0 aliphatic carbocycles. The van der Waals surface area contributed by atoms with Crippen LogP contribution in [0.15, 0.2) is 42.7 Å². The molecular formula is C22H28ClN5O. The van der Waals surface area contributed by atoms with Crippen LogP contribution in [0.2, 0.25) is 5.02 Å². The zero-order valence-corrected chi connectivity index (χ0v) is 18.6. The quantitative estimate of drug-likeness (QED) is 0.648. The predicted molar refractivity (Wildman–Crippen MR) is 117 cm³/mol. The zero-order chi connectivity index (χ0) is 21.4. The smallest absolute Gasteiger partial charge is 0.259 e. The van der Waals surface area contributed by atoms with Crippen molar-refractivity contribution in [3.8, 4) is 0 Å². The third-order valence-corrected chi connectivity index (χ3v) is 4.91. The van der Waals surface area contributed by atoms with E-state index in [2.05, 4.69) is 52.0 Å². The summed E-state index contributed by atoms with van der Waals surface area (Å²) < 4.78 is 3.57. The summed E-state index contributed by atoms with van der Waals surface area (Å²) in [6.07, 6.45) is 3.29. The van der Waals surface area contributed by atoms with Crippen molar-refractivity contribution in [2.75, 3.05) is 5.32 Å². The minimum atomic E-state index is -0.264. The molecule has 3 rings (SSSR count). The Balaban J connectivity index is 1.82. The van der Waals surface area contributed by atoms with Gasteiger partial charge in [0, 0.05) is 22.7 Å². The van der Waals surface area contributed by atoms with Crippen LogP contribution in [0.5, 0.6) is 0 Å². The van der Waals surface area contributed by atoms with E-state index in [1.165, 1.54) is 0 Å². The van der Waals surface area contributed by atoms with E-state index in [0.29, 0.717) is 22.9 Å². The van der Waals surface area contributed by atoms with E-state index in [0.717, 1.165) is 11.3 Å². The van der Waals surface area contributed by atoms with E-state index in [4.69, 9.17) is 16.7 Å². The third kappa shape index (κ3) is 4.88. The van der Waals surface area contributed by atoms with Gasteiger partial charge in [-0.3, -0.25) is 9.48 Å². The van der Waals surface area contributed by atoms with Crippen LogP contribution in [0.1, 0.15) is 63.2 Å². The first-order valence-electron chi connectivity index (χ1n) is 9.63. The van der Waals surface area contributed by atoms with Crippen LogP contribution >= 0.6 is 11.6 Å². The lowest BCUT2D eigenvalue weighted by Gasteiger charge is -2.22. The highest BCUT2D eigenvalue weighted by Gasteiger charge is 2.26. The van der Waals surface area contributed by atoms with Crippen molar-refractivity contribution in [2.45, 2.75) is 59.0 Å². The Morgan fingerprint density at radius 1 is 1.14 bits per heavy atom.